The van der Waals surface area contributed by atoms with E-state index in [1.165, 1.54) is 10.9 Å². The van der Waals surface area contributed by atoms with Gasteiger partial charge in [0.25, 0.3) is 5.56 Å². The zero-order chi connectivity index (χ0) is 23.1. The fraction of sp³-hybridized carbons (Fsp3) is 0.333. The maximum absolute atomic E-state index is 13.3. The molecule has 1 aliphatic rings. The van der Waals surface area contributed by atoms with Gasteiger partial charge in [0.05, 0.1) is 46.7 Å². The molecule has 0 bridgehead atoms. The molecular formula is C24H24ClN5O3. The van der Waals surface area contributed by atoms with Gasteiger partial charge in [-0.3, -0.25) is 19.0 Å². The van der Waals surface area contributed by atoms with Crippen molar-refractivity contribution in [1.82, 2.24) is 24.3 Å². The molecule has 33 heavy (non-hydrogen) atoms. The second kappa shape index (κ2) is 8.70. The second-order valence-corrected chi connectivity index (χ2v) is 8.81. The molecule has 0 unspecified atom stereocenters. The Bertz CT molecular complexity index is 1380. The highest BCUT2D eigenvalue weighted by Crippen LogP contribution is 2.29. The van der Waals surface area contributed by atoms with Gasteiger partial charge in [-0.2, -0.15) is 5.10 Å². The molecule has 1 aliphatic heterocycles. The van der Waals surface area contributed by atoms with Crippen LogP contribution in [-0.2, 0) is 18.2 Å². The average molecular weight is 466 g/mol. The molecule has 0 saturated carbocycles. The third-order valence-corrected chi connectivity index (χ3v) is 6.67. The van der Waals surface area contributed by atoms with E-state index in [1.54, 1.807) is 4.68 Å². The highest BCUT2D eigenvalue weighted by Gasteiger charge is 2.27. The van der Waals surface area contributed by atoms with Crippen molar-refractivity contribution in [3.05, 3.63) is 75.1 Å². The van der Waals surface area contributed by atoms with Crippen molar-refractivity contribution in [3.63, 3.8) is 0 Å². The first-order chi connectivity index (χ1) is 15.9. The lowest BCUT2D eigenvalue weighted by Crippen LogP contribution is -2.39. The van der Waals surface area contributed by atoms with E-state index in [0.717, 1.165) is 28.1 Å². The van der Waals surface area contributed by atoms with Crippen molar-refractivity contribution in [2.45, 2.75) is 31.9 Å². The SMILES string of the molecule is Cc1c(Cc2ccc(-c3ccn(C)n3)nc2)cc2c(=O)n([C@H]3CCOC[C@@H]3O)cnc2c1Cl. The Kier molecular flexibility index (Phi) is 5.74. The van der Waals surface area contributed by atoms with Crippen LogP contribution in [0.5, 0.6) is 0 Å². The number of halogens is 1. The first-order valence-corrected chi connectivity index (χ1v) is 11.2. The average Bonchev–Trinajstić information content (AvgIpc) is 3.25. The van der Waals surface area contributed by atoms with Crippen LogP contribution in [0.4, 0.5) is 0 Å². The van der Waals surface area contributed by atoms with Crippen LogP contribution < -0.4 is 5.56 Å². The number of aliphatic hydroxyl groups excluding tert-OH is 1. The Hall–Kier alpha value is -3.07. The molecule has 9 heteroatoms. The quantitative estimate of drug-likeness (QED) is 0.497. The number of nitrogens with zero attached hydrogens (tertiary/aromatic N) is 5. The lowest BCUT2D eigenvalue weighted by atomic mass is 9.98. The van der Waals surface area contributed by atoms with Gasteiger partial charge in [-0.15, -0.1) is 0 Å². The first kappa shape index (κ1) is 21.8. The summed E-state index contributed by atoms with van der Waals surface area (Å²) in [5.41, 5.74) is 4.70. The number of rotatable bonds is 4. The summed E-state index contributed by atoms with van der Waals surface area (Å²) in [6.07, 6.45) is 5.56. The standard InChI is InChI=1S/C24H24ClN5O3/c1-14-16(9-15-3-4-18(26-11-15)19-5-7-29(2)28-19)10-17-23(22(14)25)27-13-30(24(17)32)20-6-8-33-12-21(20)31/h3-5,7,10-11,13,20-21,31H,6,8-9,12H2,1-2H3/t20-,21-/m0/s1. The third-order valence-electron chi connectivity index (χ3n) is 6.21. The lowest BCUT2D eigenvalue weighted by Gasteiger charge is -2.29. The summed E-state index contributed by atoms with van der Waals surface area (Å²) in [7, 11) is 1.87. The monoisotopic (exact) mass is 465 g/mol. The zero-order valence-corrected chi connectivity index (χ0v) is 19.2. The number of pyridine rings is 1. The number of hydrogen-bond acceptors (Lipinski definition) is 6. The van der Waals surface area contributed by atoms with Gasteiger partial charge in [0.2, 0.25) is 0 Å². The summed E-state index contributed by atoms with van der Waals surface area (Å²) >= 11 is 6.64. The molecule has 2 atom stereocenters. The van der Waals surface area contributed by atoms with Crippen molar-refractivity contribution in [3.8, 4) is 11.4 Å². The normalized spacial score (nSPS) is 18.7. The van der Waals surface area contributed by atoms with Crippen LogP contribution in [-0.4, -0.2) is 48.7 Å². The van der Waals surface area contributed by atoms with Crippen molar-refractivity contribution in [1.29, 1.82) is 0 Å². The van der Waals surface area contributed by atoms with E-state index in [1.807, 2.05) is 50.6 Å². The molecule has 4 heterocycles. The molecular weight excluding hydrogens is 442 g/mol. The van der Waals surface area contributed by atoms with Crippen molar-refractivity contribution in [2.24, 2.45) is 7.05 Å². The van der Waals surface area contributed by atoms with Gasteiger partial charge >= 0.3 is 0 Å². The van der Waals surface area contributed by atoms with Crippen LogP contribution in [0.25, 0.3) is 22.3 Å². The van der Waals surface area contributed by atoms with E-state index < -0.39 is 6.10 Å². The van der Waals surface area contributed by atoms with Gasteiger partial charge < -0.3 is 9.84 Å². The van der Waals surface area contributed by atoms with Crippen LogP contribution >= 0.6 is 11.6 Å². The Morgan fingerprint density at radius 1 is 1.24 bits per heavy atom. The molecule has 1 fully saturated rings. The molecule has 170 valence electrons. The molecule has 1 saturated heterocycles. The molecule has 0 amide bonds. The van der Waals surface area contributed by atoms with Gasteiger partial charge in [-0.1, -0.05) is 17.7 Å². The molecule has 1 aromatic carbocycles. The fourth-order valence-electron chi connectivity index (χ4n) is 4.30. The van der Waals surface area contributed by atoms with Crippen LogP contribution in [0.2, 0.25) is 5.02 Å². The van der Waals surface area contributed by atoms with Gasteiger partial charge in [0.1, 0.15) is 5.69 Å². The van der Waals surface area contributed by atoms with E-state index in [2.05, 4.69) is 15.1 Å². The van der Waals surface area contributed by atoms with E-state index in [4.69, 9.17) is 16.3 Å². The molecule has 0 spiro atoms. The smallest absolute Gasteiger partial charge is 0.261 e. The maximum atomic E-state index is 13.3. The van der Waals surface area contributed by atoms with Crippen molar-refractivity contribution >= 4 is 22.5 Å². The predicted molar refractivity (Wildman–Crippen MR) is 125 cm³/mol. The molecule has 5 rings (SSSR count). The summed E-state index contributed by atoms with van der Waals surface area (Å²) in [5, 5.41) is 15.6. The van der Waals surface area contributed by atoms with Crippen LogP contribution in [0, 0.1) is 6.92 Å². The predicted octanol–water partition coefficient (Wildman–Crippen LogP) is 3.07. The van der Waals surface area contributed by atoms with Crippen molar-refractivity contribution in [2.75, 3.05) is 13.2 Å². The van der Waals surface area contributed by atoms with Gasteiger partial charge in [-0.25, -0.2) is 4.98 Å². The van der Waals surface area contributed by atoms with E-state index in [9.17, 15) is 9.90 Å². The lowest BCUT2D eigenvalue weighted by molar-refractivity contribution is -0.0395. The molecule has 0 radical (unpaired) electrons. The number of aryl methyl sites for hydroxylation is 1. The number of hydrogen-bond donors (Lipinski definition) is 1. The summed E-state index contributed by atoms with van der Waals surface area (Å²) in [5.74, 6) is 0. The highest BCUT2D eigenvalue weighted by molar-refractivity contribution is 6.35. The molecule has 4 aromatic rings. The Balaban J connectivity index is 1.51. The third kappa shape index (κ3) is 4.06. The van der Waals surface area contributed by atoms with Crippen LogP contribution in [0.3, 0.4) is 0 Å². The van der Waals surface area contributed by atoms with Gasteiger partial charge in [0, 0.05) is 26.0 Å². The van der Waals surface area contributed by atoms with Crippen molar-refractivity contribution < 1.29 is 9.84 Å². The summed E-state index contributed by atoms with van der Waals surface area (Å²) in [6, 6.07) is 7.37. The molecule has 8 nitrogen and oxygen atoms in total. The summed E-state index contributed by atoms with van der Waals surface area (Å²) < 4.78 is 8.55. The van der Waals surface area contributed by atoms with E-state index in [0.29, 0.717) is 35.4 Å². The Labute approximate surface area is 195 Å². The fourth-order valence-corrected chi connectivity index (χ4v) is 4.57. The van der Waals surface area contributed by atoms with E-state index in [-0.39, 0.29) is 18.2 Å². The number of aromatic nitrogens is 5. The number of ether oxygens (including phenoxy) is 1. The minimum atomic E-state index is -0.750. The summed E-state index contributed by atoms with van der Waals surface area (Å²) in [4.78, 5) is 22.3. The Morgan fingerprint density at radius 2 is 2.09 bits per heavy atom. The minimum absolute atomic E-state index is 0.205. The second-order valence-electron chi connectivity index (χ2n) is 8.43. The first-order valence-electron chi connectivity index (χ1n) is 10.8. The molecule has 0 aliphatic carbocycles. The number of fused-ring (bicyclic) bond motifs is 1. The van der Waals surface area contributed by atoms with Crippen LogP contribution in [0.15, 0.2) is 47.8 Å². The molecule has 1 N–H and O–H groups in total. The van der Waals surface area contributed by atoms with E-state index >= 15 is 0 Å². The van der Waals surface area contributed by atoms with Gasteiger partial charge in [-0.05, 0) is 54.7 Å². The molecule has 3 aromatic heterocycles. The highest BCUT2D eigenvalue weighted by atomic mass is 35.5. The Morgan fingerprint density at radius 3 is 2.79 bits per heavy atom. The minimum Gasteiger partial charge on any atom is -0.389 e. The topological polar surface area (TPSA) is 95.1 Å². The van der Waals surface area contributed by atoms with Gasteiger partial charge in [0.15, 0.2) is 0 Å². The number of aliphatic hydroxyl groups is 1. The number of benzene rings is 1. The maximum Gasteiger partial charge on any atom is 0.261 e. The summed E-state index contributed by atoms with van der Waals surface area (Å²) in [6.45, 7) is 2.63. The zero-order valence-electron chi connectivity index (χ0n) is 18.4. The largest absolute Gasteiger partial charge is 0.389 e. The van der Waals surface area contributed by atoms with Crippen LogP contribution in [0.1, 0.15) is 29.2 Å².